The first-order valence-corrected chi connectivity index (χ1v) is 7.08. The molecule has 0 amide bonds. The number of hydrogen-bond acceptors (Lipinski definition) is 2. The first-order valence-electron chi connectivity index (χ1n) is 6.64. The van der Waals surface area contributed by atoms with E-state index in [0.29, 0.717) is 0 Å². The van der Waals surface area contributed by atoms with Crippen molar-refractivity contribution in [2.75, 3.05) is 6.61 Å². The summed E-state index contributed by atoms with van der Waals surface area (Å²) in [5, 5.41) is 0.178. The minimum absolute atomic E-state index is 0.144. The average Bonchev–Trinajstić information content (AvgIpc) is 2.32. The van der Waals surface area contributed by atoms with E-state index in [9.17, 15) is 0 Å². The van der Waals surface area contributed by atoms with Crippen molar-refractivity contribution in [3.8, 4) is 5.75 Å². The summed E-state index contributed by atoms with van der Waals surface area (Å²) in [4.78, 5) is 4.21. The van der Waals surface area contributed by atoms with Crippen LogP contribution in [0.1, 0.15) is 46.1 Å². The molecule has 0 bridgehead atoms. The number of aryl methyl sites for hydroxylation is 1. The van der Waals surface area contributed by atoms with Gasteiger partial charge in [-0.3, -0.25) is 4.98 Å². The largest absolute Gasteiger partial charge is 0.492 e. The Balaban J connectivity index is 2.52. The minimum Gasteiger partial charge on any atom is -0.492 e. The van der Waals surface area contributed by atoms with Crippen LogP contribution in [0.15, 0.2) is 18.5 Å². The molecule has 1 aromatic rings. The van der Waals surface area contributed by atoms with Crippen LogP contribution in [0.4, 0.5) is 0 Å². The van der Waals surface area contributed by atoms with Crippen LogP contribution in [0.5, 0.6) is 5.75 Å². The molecule has 0 radical (unpaired) electrons. The molecule has 18 heavy (non-hydrogen) atoms. The first-order chi connectivity index (χ1) is 8.43. The van der Waals surface area contributed by atoms with Gasteiger partial charge in [0, 0.05) is 11.6 Å². The van der Waals surface area contributed by atoms with Gasteiger partial charge in [-0.05, 0) is 36.3 Å². The second kappa shape index (κ2) is 6.98. The number of hydrogen-bond donors (Lipinski definition) is 0. The summed E-state index contributed by atoms with van der Waals surface area (Å²) in [7, 11) is 0. The van der Waals surface area contributed by atoms with Crippen LogP contribution in [0.25, 0.3) is 0 Å². The lowest BCUT2D eigenvalue weighted by molar-refractivity contribution is 0.315. The highest BCUT2D eigenvalue weighted by Crippen LogP contribution is 2.28. The van der Waals surface area contributed by atoms with Crippen LogP contribution < -0.4 is 4.74 Å². The normalized spacial score (nSPS) is 13.4. The van der Waals surface area contributed by atoms with Gasteiger partial charge in [-0.25, -0.2) is 0 Å². The highest BCUT2D eigenvalue weighted by Gasteiger charge is 2.21. The molecule has 1 unspecified atom stereocenters. The minimum atomic E-state index is 0.144. The summed E-state index contributed by atoms with van der Waals surface area (Å²) < 4.78 is 5.57. The summed E-state index contributed by atoms with van der Waals surface area (Å²) in [5.74, 6) is 0.858. The highest BCUT2D eigenvalue weighted by atomic mass is 35.5. The molecule has 0 aliphatic rings. The molecule has 0 aromatic carbocycles. The second-order valence-corrected chi connectivity index (χ2v) is 6.28. The lowest BCUT2D eigenvalue weighted by Gasteiger charge is -2.25. The van der Waals surface area contributed by atoms with Gasteiger partial charge in [0.15, 0.2) is 0 Å². The lowest BCUT2D eigenvalue weighted by atomic mass is 9.88. The van der Waals surface area contributed by atoms with E-state index in [1.165, 1.54) is 5.56 Å². The van der Waals surface area contributed by atoms with E-state index < -0.39 is 0 Å². The topological polar surface area (TPSA) is 22.1 Å². The summed E-state index contributed by atoms with van der Waals surface area (Å²) >= 11 is 6.38. The molecular weight excluding hydrogens is 246 g/mol. The van der Waals surface area contributed by atoms with Crippen molar-refractivity contribution in [3.63, 3.8) is 0 Å². The number of ether oxygens (including phenoxy) is 1. The number of rotatable bonds is 6. The Bertz CT molecular complexity index is 360. The van der Waals surface area contributed by atoms with Gasteiger partial charge in [0.1, 0.15) is 5.75 Å². The number of pyridine rings is 1. The summed E-state index contributed by atoms with van der Waals surface area (Å²) in [6.07, 6.45) is 6.58. The van der Waals surface area contributed by atoms with E-state index in [0.717, 1.165) is 31.6 Å². The molecule has 1 aromatic heterocycles. The van der Waals surface area contributed by atoms with E-state index in [1.807, 2.05) is 6.20 Å². The monoisotopic (exact) mass is 269 g/mol. The Morgan fingerprint density at radius 1 is 1.33 bits per heavy atom. The van der Waals surface area contributed by atoms with Crippen molar-refractivity contribution in [2.24, 2.45) is 5.41 Å². The van der Waals surface area contributed by atoms with E-state index in [4.69, 9.17) is 16.3 Å². The average molecular weight is 270 g/mol. The lowest BCUT2D eigenvalue weighted by Crippen LogP contribution is -2.21. The Hall–Kier alpha value is -0.760. The van der Waals surface area contributed by atoms with Crippen molar-refractivity contribution < 1.29 is 4.74 Å². The molecule has 3 heteroatoms. The standard InChI is InChI=1S/C15H24ClNO/c1-5-8-18-13-9-12(10-17-11-13)6-7-14(16)15(2,3)4/h9-11,14H,5-8H2,1-4H3. The van der Waals surface area contributed by atoms with Crippen LogP contribution in [0.3, 0.4) is 0 Å². The SMILES string of the molecule is CCCOc1cncc(CCC(Cl)C(C)(C)C)c1. The molecule has 0 N–H and O–H groups in total. The van der Waals surface area contributed by atoms with Crippen molar-refractivity contribution in [3.05, 3.63) is 24.0 Å². The second-order valence-electron chi connectivity index (χ2n) is 5.75. The quantitative estimate of drug-likeness (QED) is 0.712. The predicted molar refractivity (Wildman–Crippen MR) is 77.4 cm³/mol. The maximum absolute atomic E-state index is 6.38. The maximum atomic E-state index is 6.38. The van der Waals surface area contributed by atoms with Crippen LogP contribution in [0, 0.1) is 5.41 Å². The van der Waals surface area contributed by atoms with Crippen LogP contribution in [-0.2, 0) is 6.42 Å². The molecule has 0 aliphatic carbocycles. The summed E-state index contributed by atoms with van der Waals surface area (Å²) in [5.41, 5.74) is 1.34. The zero-order valence-electron chi connectivity index (χ0n) is 11.9. The summed E-state index contributed by atoms with van der Waals surface area (Å²) in [6.45, 7) is 9.35. The zero-order valence-corrected chi connectivity index (χ0v) is 12.6. The Morgan fingerprint density at radius 3 is 2.67 bits per heavy atom. The van der Waals surface area contributed by atoms with Crippen molar-refractivity contribution in [1.29, 1.82) is 0 Å². The van der Waals surface area contributed by atoms with E-state index in [2.05, 4.69) is 38.7 Å². The van der Waals surface area contributed by atoms with Gasteiger partial charge < -0.3 is 4.74 Å². The number of halogens is 1. The molecule has 1 rings (SSSR count). The fourth-order valence-electron chi connectivity index (χ4n) is 1.63. The van der Waals surface area contributed by atoms with Gasteiger partial charge in [-0.1, -0.05) is 27.7 Å². The third kappa shape index (κ3) is 5.26. The van der Waals surface area contributed by atoms with Crippen molar-refractivity contribution >= 4 is 11.6 Å². The molecular formula is C15H24ClNO. The number of alkyl halides is 1. The van der Waals surface area contributed by atoms with E-state index >= 15 is 0 Å². The van der Waals surface area contributed by atoms with Crippen LogP contribution in [0.2, 0.25) is 0 Å². The fourth-order valence-corrected chi connectivity index (χ4v) is 1.73. The van der Waals surface area contributed by atoms with Gasteiger partial charge in [-0.2, -0.15) is 0 Å². The van der Waals surface area contributed by atoms with Gasteiger partial charge >= 0.3 is 0 Å². The van der Waals surface area contributed by atoms with E-state index in [-0.39, 0.29) is 10.8 Å². The summed E-state index contributed by atoms with van der Waals surface area (Å²) in [6, 6.07) is 2.06. The van der Waals surface area contributed by atoms with Gasteiger partial charge in [0.25, 0.3) is 0 Å². The van der Waals surface area contributed by atoms with Crippen molar-refractivity contribution in [2.45, 2.75) is 52.3 Å². The third-order valence-corrected chi connectivity index (χ3v) is 3.74. The Labute approximate surface area is 116 Å². The molecule has 1 atom stereocenters. The molecule has 0 fully saturated rings. The third-order valence-electron chi connectivity index (χ3n) is 2.87. The van der Waals surface area contributed by atoms with Crippen molar-refractivity contribution in [1.82, 2.24) is 4.98 Å². The number of aromatic nitrogens is 1. The van der Waals surface area contributed by atoms with Crippen LogP contribution in [-0.4, -0.2) is 17.0 Å². The smallest absolute Gasteiger partial charge is 0.137 e. The molecule has 0 spiro atoms. The Morgan fingerprint density at radius 2 is 2.06 bits per heavy atom. The molecule has 102 valence electrons. The number of nitrogens with zero attached hydrogens (tertiary/aromatic N) is 1. The van der Waals surface area contributed by atoms with Gasteiger partial charge in [0.05, 0.1) is 12.8 Å². The van der Waals surface area contributed by atoms with Gasteiger partial charge in [-0.15, -0.1) is 11.6 Å². The fraction of sp³-hybridized carbons (Fsp3) is 0.667. The van der Waals surface area contributed by atoms with E-state index in [1.54, 1.807) is 6.20 Å². The molecule has 1 heterocycles. The predicted octanol–water partition coefficient (Wildman–Crippen LogP) is 4.46. The van der Waals surface area contributed by atoms with Crippen LogP contribution >= 0.6 is 11.6 Å². The maximum Gasteiger partial charge on any atom is 0.137 e. The van der Waals surface area contributed by atoms with Gasteiger partial charge in [0.2, 0.25) is 0 Å². The molecule has 0 saturated heterocycles. The highest BCUT2D eigenvalue weighted by molar-refractivity contribution is 6.21. The molecule has 2 nitrogen and oxygen atoms in total. The Kier molecular flexibility index (Phi) is 5.94. The zero-order chi connectivity index (χ0) is 13.6. The first kappa shape index (κ1) is 15.3. The molecule has 0 aliphatic heterocycles. The molecule has 0 saturated carbocycles.